The zero-order valence-electron chi connectivity index (χ0n) is 9.75. The Bertz CT molecular complexity index is 453. The van der Waals surface area contributed by atoms with Gasteiger partial charge in [0.25, 0.3) is 0 Å². The molecule has 7 nitrogen and oxygen atoms in total. The predicted molar refractivity (Wildman–Crippen MR) is 69.3 cm³/mol. The molecule has 18 heavy (non-hydrogen) atoms. The van der Waals surface area contributed by atoms with Crippen molar-refractivity contribution < 1.29 is 14.8 Å². The van der Waals surface area contributed by atoms with Crippen LogP contribution in [0.15, 0.2) is 12.1 Å². The highest BCUT2D eigenvalue weighted by Crippen LogP contribution is 2.22. The lowest BCUT2D eigenvalue weighted by molar-refractivity contribution is -0.384. The summed E-state index contributed by atoms with van der Waals surface area (Å²) in [5.41, 5.74) is -0.433. The van der Waals surface area contributed by atoms with Crippen molar-refractivity contribution in [1.29, 1.82) is 0 Å². The summed E-state index contributed by atoms with van der Waals surface area (Å²) in [5.74, 6) is -0.294. The highest BCUT2D eigenvalue weighted by atomic mass is 32.2. The van der Waals surface area contributed by atoms with Crippen LogP contribution >= 0.6 is 11.8 Å². The van der Waals surface area contributed by atoms with Crippen LogP contribution in [0.2, 0.25) is 0 Å². The molecule has 1 aromatic heterocycles. The molecule has 0 saturated heterocycles. The van der Waals surface area contributed by atoms with Crippen LogP contribution in [0.1, 0.15) is 16.9 Å². The van der Waals surface area contributed by atoms with Crippen molar-refractivity contribution in [2.75, 3.05) is 23.9 Å². The van der Waals surface area contributed by atoms with Crippen LogP contribution in [0.5, 0.6) is 0 Å². The second kappa shape index (κ2) is 6.80. The smallest absolute Gasteiger partial charge is 0.354 e. The number of pyridine rings is 1. The molecule has 0 aliphatic heterocycles. The van der Waals surface area contributed by atoms with Gasteiger partial charge in [0.2, 0.25) is 5.82 Å². The zero-order chi connectivity index (χ0) is 13.5. The predicted octanol–water partition coefficient (Wildman–Crippen LogP) is 1.85. The van der Waals surface area contributed by atoms with Crippen LogP contribution in [0, 0.1) is 10.1 Å². The molecule has 0 aliphatic rings. The molecule has 0 atom stereocenters. The van der Waals surface area contributed by atoms with Crippen molar-refractivity contribution in [3.8, 4) is 0 Å². The van der Waals surface area contributed by atoms with Crippen LogP contribution in [0.25, 0.3) is 0 Å². The first-order valence-corrected chi connectivity index (χ1v) is 6.57. The van der Waals surface area contributed by atoms with Gasteiger partial charge in [-0.15, -0.1) is 0 Å². The molecule has 1 rings (SSSR count). The maximum Gasteiger partial charge on any atom is 0.354 e. The number of hydrogen-bond donors (Lipinski definition) is 2. The lowest BCUT2D eigenvalue weighted by Crippen LogP contribution is -2.10. The number of nitrogens with zero attached hydrogens (tertiary/aromatic N) is 2. The van der Waals surface area contributed by atoms with E-state index in [2.05, 4.69) is 10.3 Å². The van der Waals surface area contributed by atoms with Crippen LogP contribution < -0.4 is 5.32 Å². The Labute approximate surface area is 108 Å². The lowest BCUT2D eigenvalue weighted by Gasteiger charge is -2.06. The molecule has 0 amide bonds. The number of nitrogens with one attached hydrogen (secondary N) is 1. The average Bonchev–Trinajstić information content (AvgIpc) is 2.34. The fraction of sp³-hybridized carbons (Fsp3) is 0.400. The maximum atomic E-state index is 10.8. The van der Waals surface area contributed by atoms with Crippen molar-refractivity contribution in [2.45, 2.75) is 6.42 Å². The number of carbonyl (C=O) groups is 1. The molecule has 2 N–H and O–H groups in total. The van der Waals surface area contributed by atoms with Crippen molar-refractivity contribution in [3.63, 3.8) is 0 Å². The van der Waals surface area contributed by atoms with Crippen LogP contribution in [0.4, 0.5) is 11.5 Å². The van der Waals surface area contributed by atoms with Gasteiger partial charge < -0.3 is 10.4 Å². The summed E-state index contributed by atoms with van der Waals surface area (Å²) in [6.07, 6.45) is 2.78. The standard InChI is InChI=1S/C10H13N3O4S/c1-18-6-2-5-11-9-8(13(16)17)4-3-7(12-9)10(14)15/h3-4H,2,5-6H2,1H3,(H,11,12)(H,14,15). The molecule has 1 aromatic rings. The van der Waals surface area contributed by atoms with Gasteiger partial charge in [0.05, 0.1) is 4.92 Å². The summed E-state index contributed by atoms with van der Waals surface area (Å²) in [6, 6.07) is 2.26. The third kappa shape index (κ3) is 3.88. The minimum Gasteiger partial charge on any atom is -0.477 e. The molecule has 0 radical (unpaired) electrons. The molecule has 98 valence electrons. The maximum absolute atomic E-state index is 10.8. The Morgan fingerprint density at radius 3 is 2.89 bits per heavy atom. The van der Waals surface area contributed by atoms with Crippen LogP contribution in [0.3, 0.4) is 0 Å². The first-order chi connectivity index (χ1) is 8.56. The normalized spacial score (nSPS) is 10.1. The van der Waals surface area contributed by atoms with E-state index in [1.165, 1.54) is 0 Å². The average molecular weight is 271 g/mol. The Hall–Kier alpha value is -1.83. The van der Waals surface area contributed by atoms with E-state index in [1.54, 1.807) is 11.8 Å². The molecular formula is C10H13N3O4S. The van der Waals surface area contributed by atoms with Gasteiger partial charge in [-0.2, -0.15) is 11.8 Å². The molecule has 0 saturated carbocycles. The van der Waals surface area contributed by atoms with Crippen molar-refractivity contribution >= 4 is 29.2 Å². The van der Waals surface area contributed by atoms with Gasteiger partial charge in [0.1, 0.15) is 0 Å². The number of rotatable bonds is 7. The summed E-state index contributed by atoms with van der Waals surface area (Å²) in [5, 5.41) is 22.3. The molecule has 0 unspecified atom stereocenters. The summed E-state index contributed by atoms with van der Waals surface area (Å²) in [7, 11) is 0. The molecule has 0 aromatic carbocycles. The Morgan fingerprint density at radius 2 is 2.33 bits per heavy atom. The molecule has 0 spiro atoms. The summed E-state index contributed by atoms with van der Waals surface area (Å²) in [4.78, 5) is 24.7. The zero-order valence-corrected chi connectivity index (χ0v) is 10.6. The third-order valence-electron chi connectivity index (χ3n) is 2.11. The van der Waals surface area contributed by atoms with E-state index in [0.29, 0.717) is 6.54 Å². The fourth-order valence-electron chi connectivity index (χ4n) is 1.27. The molecule has 1 heterocycles. The number of aromatic nitrogens is 1. The van der Waals surface area contributed by atoms with Gasteiger partial charge >= 0.3 is 11.7 Å². The van der Waals surface area contributed by atoms with Crippen molar-refractivity contribution in [2.24, 2.45) is 0 Å². The highest BCUT2D eigenvalue weighted by Gasteiger charge is 2.17. The van der Waals surface area contributed by atoms with Gasteiger partial charge in [-0.3, -0.25) is 10.1 Å². The van der Waals surface area contributed by atoms with E-state index >= 15 is 0 Å². The highest BCUT2D eigenvalue weighted by molar-refractivity contribution is 7.98. The number of aromatic carboxylic acids is 1. The number of carboxylic acids is 1. The minimum absolute atomic E-state index is 0.000929. The Kier molecular flexibility index (Phi) is 5.37. The minimum atomic E-state index is -1.21. The monoisotopic (exact) mass is 271 g/mol. The SMILES string of the molecule is CSCCCNc1nc(C(=O)O)ccc1[N+](=O)[O-]. The molecule has 8 heteroatoms. The number of thioether (sulfide) groups is 1. The van der Waals surface area contributed by atoms with Crippen LogP contribution in [-0.4, -0.2) is 39.5 Å². The van der Waals surface area contributed by atoms with Gasteiger partial charge in [0.15, 0.2) is 5.69 Å². The van der Waals surface area contributed by atoms with Crippen molar-refractivity contribution in [1.82, 2.24) is 4.98 Å². The topological polar surface area (TPSA) is 105 Å². The van der Waals surface area contributed by atoms with E-state index in [4.69, 9.17) is 5.11 Å². The third-order valence-corrected chi connectivity index (χ3v) is 2.80. The quantitative estimate of drug-likeness (QED) is 0.443. The summed E-state index contributed by atoms with van der Waals surface area (Å²) >= 11 is 1.67. The van der Waals surface area contributed by atoms with E-state index in [1.807, 2.05) is 6.26 Å². The number of carboxylic acid groups (broad SMARTS) is 1. The summed E-state index contributed by atoms with van der Waals surface area (Å²) < 4.78 is 0. The second-order valence-electron chi connectivity index (χ2n) is 3.40. The van der Waals surface area contributed by atoms with E-state index in [0.717, 1.165) is 24.3 Å². The Morgan fingerprint density at radius 1 is 1.61 bits per heavy atom. The summed E-state index contributed by atoms with van der Waals surface area (Å²) in [6.45, 7) is 0.512. The Balaban J connectivity index is 2.86. The molecule has 0 aliphatic carbocycles. The first-order valence-electron chi connectivity index (χ1n) is 5.17. The first kappa shape index (κ1) is 14.2. The van der Waals surface area contributed by atoms with E-state index in [-0.39, 0.29) is 17.2 Å². The van der Waals surface area contributed by atoms with E-state index < -0.39 is 10.9 Å². The number of nitro groups is 1. The lowest BCUT2D eigenvalue weighted by atomic mass is 10.3. The largest absolute Gasteiger partial charge is 0.477 e. The number of anilines is 1. The van der Waals surface area contributed by atoms with Gasteiger partial charge in [-0.1, -0.05) is 0 Å². The molecule has 0 fully saturated rings. The molecule has 0 bridgehead atoms. The molecular weight excluding hydrogens is 258 g/mol. The van der Waals surface area contributed by atoms with Crippen molar-refractivity contribution in [3.05, 3.63) is 27.9 Å². The van der Waals surface area contributed by atoms with Gasteiger partial charge in [-0.05, 0) is 24.5 Å². The van der Waals surface area contributed by atoms with E-state index in [9.17, 15) is 14.9 Å². The van der Waals surface area contributed by atoms with Crippen LogP contribution in [-0.2, 0) is 0 Å². The van der Waals surface area contributed by atoms with Gasteiger partial charge in [-0.25, -0.2) is 9.78 Å². The number of hydrogen-bond acceptors (Lipinski definition) is 6. The second-order valence-corrected chi connectivity index (χ2v) is 4.39. The fourth-order valence-corrected chi connectivity index (χ4v) is 1.70. The van der Waals surface area contributed by atoms with Gasteiger partial charge in [0, 0.05) is 12.6 Å².